The number of nitrogens with two attached hydrogens (primary N) is 1. The highest BCUT2D eigenvalue weighted by molar-refractivity contribution is 5.13. The molecule has 1 aromatic heterocycles. The molecule has 0 spiro atoms. The van der Waals surface area contributed by atoms with E-state index >= 15 is 0 Å². The standard InChI is InChI=1S/C10H13N3O2/c1-2-3-5-13-10(14)7-9(8-12-13)15-6-4-11/h1,7-8H,3-6,11H2. The van der Waals surface area contributed by atoms with E-state index in [0.29, 0.717) is 31.9 Å². The normalized spacial score (nSPS) is 9.60. The molecule has 0 amide bonds. The summed E-state index contributed by atoms with van der Waals surface area (Å²) in [6.07, 6.45) is 7.05. The molecule has 0 unspecified atom stereocenters. The summed E-state index contributed by atoms with van der Waals surface area (Å²) in [7, 11) is 0. The quantitative estimate of drug-likeness (QED) is 0.667. The Morgan fingerprint density at radius 1 is 1.67 bits per heavy atom. The van der Waals surface area contributed by atoms with Crippen LogP contribution in [0.2, 0.25) is 0 Å². The highest BCUT2D eigenvalue weighted by Gasteiger charge is 1.99. The molecule has 15 heavy (non-hydrogen) atoms. The summed E-state index contributed by atoms with van der Waals surface area (Å²) in [5.41, 5.74) is 5.04. The first-order valence-corrected chi connectivity index (χ1v) is 4.61. The molecule has 0 aliphatic heterocycles. The summed E-state index contributed by atoms with van der Waals surface area (Å²) in [6.45, 7) is 1.20. The summed E-state index contributed by atoms with van der Waals surface area (Å²) in [6, 6.07) is 1.37. The zero-order valence-electron chi connectivity index (χ0n) is 8.35. The molecule has 0 radical (unpaired) electrons. The first-order valence-electron chi connectivity index (χ1n) is 4.61. The van der Waals surface area contributed by atoms with Crippen LogP contribution in [0.15, 0.2) is 17.1 Å². The van der Waals surface area contributed by atoms with E-state index in [1.165, 1.54) is 16.9 Å². The molecule has 0 aliphatic rings. The van der Waals surface area contributed by atoms with E-state index < -0.39 is 0 Å². The molecule has 80 valence electrons. The number of aryl methyl sites for hydroxylation is 1. The van der Waals surface area contributed by atoms with Gasteiger partial charge in [-0.05, 0) is 0 Å². The Kier molecular flexibility index (Phi) is 4.38. The summed E-state index contributed by atoms with van der Waals surface area (Å²) in [5, 5.41) is 3.91. The van der Waals surface area contributed by atoms with Crippen molar-refractivity contribution in [3.8, 4) is 18.1 Å². The van der Waals surface area contributed by atoms with Gasteiger partial charge in [0.2, 0.25) is 0 Å². The molecule has 1 rings (SSSR count). The Hall–Kier alpha value is -1.80. The molecule has 1 aromatic rings. The Morgan fingerprint density at radius 3 is 3.07 bits per heavy atom. The Labute approximate surface area is 87.9 Å². The van der Waals surface area contributed by atoms with Crippen molar-refractivity contribution < 1.29 is 4.74 Å². The van der Waals surface area contributed by atoms with Crippen LogP contribution < -0.4 is 16.0 Å². The number of terminal acetylenes is 1. The van der Waals surface area contributed by atoms with Gasteiger partial charge < -0.3 is 10.5 Å². The van der Waals surface area contributed by atoms with Crippen molar-refractivity contribution in [1.82, 2.24) is 9.78 Å². The summed E-state index contributed by atoms with van der Waals surface area (Å²) in [4.78, 5) is 11.4. The predicted octanol–water partition coefficient (Wildman–Crippen LogP) is -0.396. The van der Waals surface area contributed by atoms with E-state index in [0.717, 1.165) is 0 Å². The van der Waals surface area contributed by atoms with Gasteiger partial charge in [0.15, 0.2) is 0 Å². The van der Waals surface area contributed by atoms with Gasteiger partial charge in [-0.1, -0.05) is 0 Å². The highest BCUT2D eigenvalue weighted by Crippen LogP contribution is 2.02. The van der Waals surface area contributed by atoms with Gasteiger partial charge in [0.1, 0.15) is 12.4 Å². The largest absolute Gasteiger partial charge is 0.490 e. The van der Waals surface area contributed by atoms with Crippen molar-refractivity contribution in [1.29, 1.82) is 0 Å². The zero-order valence-corrected chi connectivity index (χ0v) is 8.35. The van der Waals surface area contributed by atoms with E-state index in [1.54, 1.807) is 0 Å². The van der Waals surface area contributed by atoms with E-state index in [2.05, 4.69) is 11.0 Å². The van der Waals surface area contributed by atoms with Gasteiger partial charge in [-0.25, -0.2) is 4.68 Å². The molecule has 0 saturated heterocycles. The monoisotopic (exact) mass is 207 g/mol. The summed E-state index contributed by atoms with van der Waals surface area (Å²) >= 11 is 0. The minimum atomic E-state index is -0.222. The van der Waals surface area contributed by atoms with Crippen LogP contribution in [0.1, 0.15) is 6.42 Å². The minimum absolute atomic E-state index is 0.222. The van der Waals surface area contributed by atoms with Crippen LogP contribution in [-0.2, 0) is 6.54 Å². The number of rotatable bonds is 5. The lowest BCUT2D eigenvalue weighted by molar-refractivity contribution is 0.323. The highest BCUT2D eigenvalue weighted by atomic mass is 16.5. The second kappa shape index (κ2) is 5.83. The number of nitrogens with zero attached hydrogens (tertiary/aromatic N) is 2. The van der Waals surface area contributed by atoms with Crippen LogP contribution in [0.25, 0.3) is 0 Å². The molecular formula is C10H13N3O2. The van der Waals surface area contributed by atoms with E-state index in [1.807, 2.05) is 0 Å². The summed E-state index contributed by atoms with van der Waals surface area (Å²) < 4.78 is 6.46. The Balaban J connectivity index is 2.71. The predicted molar refractivity (Wildman–Crippen MR) is 56.5 cm³/mol. The van der Waals surface area contributed by atoms with Gasteiger partial charge in [0.05, 0.1) is 12.7 Å². The fourth-order valence-corrected chi connectivity index (χ4v) is 1.01. The van der Waals surface area contributed by atoms with E-state index in [4.69, 9.17) is 16.9 Å². The molecule has 0 aliphatic carbocycles. The molecule has 1 heterocycles. The van der Waals surface area contributed by atoms with Gasteiger partial charge in [0, 0.05) is 19.0 Å². The van der Waals surface area contributed by atoms with Gasteiger partial charge in [-0.3, -0.25) is 4.79 Å². The third-order valence-corrected chi connectivity index (χ3v) is 1.70. The fraction of sp³-hybridized carbons (Fsp3) is 0.400. The summed E-state index contributed by atoms with van der Waals surface area (Å²) in [5.74, 6) is 2.88. The van der Waals surface area contributed by atoms with E-state index in [-0.39, 0.29) is 5.56 Å². The van der Waals surface area contributed by atoms with Crippen LogP contribution in [0.5, 0.6) is 5.75 Å². The SMILES string of the molecule is C#CCCn1ncc(OCCN)cc1=O. The first-order chi connectivity index (χ1) is 7.27. The van der Waals surface area contributed by atoms with Gasteiger partial charge >= 0.3 is 0 Å². The molecule has 5 heteroatoms. The average molecular weight is 207 g/mol. The van der Waals surface area contributed by atoms with Gasteiger partial charge in [-0.2, -0.15) is 5.10 Å². The molecule has 0 bridgehead atoms. The second-order valence-electron chi connectivity index (χ2n) is 2.84. The number of hydrogen-bond acceptors (Lipinski definition) is 4. The third-order valence-electron chi connectivity index (χ3n) is 1.70. The maximum Gasteiger partial charge on any atom is 0.270 e. The lowest BCUT2D eigenvalue weighted by atomic mass is 10.4. The molecule has 0 atom stereocenters. The zero-order chi connectivity index (χ0) is 11.1. The van der Waals surface area contributed by atoms with Crippen molar-refractivity contribution >= 4 is 0 Å². The number of aromatic nitrogens is 2. The average Bonchev–Trinajstić information content (AvgIpc) is 2.25. The van der Waals surface area contributed by atoms with Crippen LogP contribution in [0.4, 0.5) is 0 Å². The first kappa shape index (κ1) is 11.3. The molecular weight excluding hydrogens is 194 g/mol. The van der Waals surface area contributed by atoms with E-state index in [9.17, 15) is 4.79 Å². The molecule has 2 N–H and O–H groups in total. The topological polar surface area (TPSA) is 70.1 Å². The number of hydrogen-bond donors (Lipinski definition) is 1. The van der Waals surface area contributed by atoms with Crippen LogP contribution in [-0.4, -0.2) is 22.9 Å². The minimum Gasteiger partial charge on any atom is -0.490 e. The van der Waals surface area contributed by atoms with Crippen molar-refractivity contribution in [2.75, 3.05) is 13.2 Å². The smallest absolute Gasteiger partial charge is 0.270 e. The van der Waals surface area contributed by atoms with Crippen molar-refractivity contribution in [3.63, 3.8) is 0 Å². The van der Waals surface area contributed by atoms with Crippen molar-refractivity contribution in [2.45, 2.75) is 13.0 Å². The van der Waals surface area contributed by atoms with Crippen molar-refractivity contribution in [2.24, 2.45) is 5.73 Å². The van der Waals surface area contributed by atoms with Gasteiger partial charge in [0.25, 0.3) is 5.56 Å². The Morgan fingerprint density at radius 2 is 2.47 bits per heavy atom. The molecule has 0 aromatic carbocycles. The fourth-order valence-electron chi connectivity index (χ4n) is 1.01. The lowest BCUT2D eigenvalue weighted by Crippen LogP contribution is -2.22. The third kappa shape index (κ3) is 3.44. The molecule has 0 fully saturated rings. The maximum absolute atomic E-state index is 11.4. The van der Waals surface area contributed by atoms with Crippen LogP contribution >= 0.6 is 0 Å². The number of ether oxygens (including phenoxy) is 1. The van der Waals surface area contributed by atoms with Crippen molar-refractivity contribution in [3.05, 3.63) is 22.6 Å². The van der Waals surface area contributed by atoms with Crippen LogP contribution in [0, 0.1) is 12.3 Å². The Bertz CT molecular complexity index is 406. The van der Waals surface area contributed by atoms with Gasteiger partial charge in [-0.15, -0.1) is 12.3 Å². The maximum atomic E-state index is 11.4. The molecule has 5 nitrogen and oxygen atoms in total. The lowest BCUT2D eigenvalue weighted by Gasteiger charge is -2.05. The molecule has 0 saturated carbocycles. The second-order valence-corrected chi connectivity index (χ2v) is 2.84. The van der Waals surface area contributed by atoms with Crippen LogP contribution in [0.3, 0.4) is 0 Å².